The molecule has 0 saturated heterocycles. The maximum absolute atomic E-state index is 12.3. The van der Waals surface area contributed by atoms with E-state index in [2.05, 4.69) is 20.6 Å². The number of aromatic amines is 1. The van der Waals surface area contributed by atoms with Gasteiger partial charge in [0.1, 0.15) is 0 Å². The van der Waals surface area contributed by atoms with Gasteiger partial charge in [-0.15, -0.1) is 5.10 Å². The minimum Gasteiger partial charge on any atom is -0.358 e. The highest BCUT2D eigenvalue weighted by atomic mass is 35.5. The maximum atomic E-state index is 12.3. The van der Waals surface area contributed by atoms with E-state index in [1.54, 1.807) is 17.7 Å². The standard InChI is InChI=1S/C16H15ClN6O3/c1-9-15(18-16(24)13-7-14(20-19-13)23(25)26)10(2)22(21-9)8-11-5-3-4-6-12(11)17/h3-7H,8H2,1-2H3,(H,18,24)(H,19,20). The zero-order valence-electron chi connectivity index (χ0n) is 14.0. The van der Waals surface area contributed by atoms with Gasteiger partial charge in [-0.1, -0.05) is 34.9 Å². The number of halogens is 1. The fourth-order valence-electron chi connectivity index (χ4n) is 2.52. The minimum absolute atomic E-state index is 0.0747. The molecule has 9 nitrogen and oxygen atoms in total. The molecule has 1 amide bonds. The van der Waals surface area contributed by atoms with Gasteiger partial charge in [0, 0.05) is 5.02 Å². The number of rotatable bonds is 5. The number of hydrogen-bond acceptors (Lipinski definition) is 5. The second-order valence-corrected chi connectivity index (χ2v) is 6.05. The van der Waals surface area contributed by atoms with Crippen LogP contribution in [0.25, 0.3) is 0 Å². The van der Waals surface area contributed by atoms with E-state index in [9.17, 15) is 14.9 Å². The van der Waals surface area contributed by atoms with Gasteiger partial charge >= 0.3 is 5.82 Å². The number of carbonyl (C=O) groups is 1. The molecule has 0 aliphatic carbocycles. The van der Waals surface area contributed by atoms with Crippen LogP contribution in [0, 0.1) is 24.0 Å². The average Bonchev–Trinajstić information content (AvgIpc) is 3.18. The highest BCUT2D eigenvalue weighted by Crippen LogP contribution is 2.23. The molecule has 0 saturated carbocycles. The van der Waals surface area contributed by atoms with Crippen molar-refractivity contribution in [3.8, 4) is 0 Å². The van der Waals surface area contributed by atoms with Gasteiger partial charge in [-0.3, -0.25) is 9.48 Å². The Labute approximate surface area is 153 Å². The van der Waals surface area contributed by atoms with Crippen LogP contribution >= 0.6 is 11.6 Å². The first-order valence-corrected chi connectivity index (χ1v) is 8.03. The Kier molecular flexibility index (Phi) is 4.72. The van der Waals surface area contributed by atoms with Crippen molar-refractivity contribution < 1.29 is 9.72 Å². The number of carbonyl (C=O) groups excluding carboxylic acids is 1. The molecular weight excluding hydrogens is 360 g/mol. The molecule has 0 atom stereocenters. The molecule has 0 aliphatic heterocycles. The quantitative estimate of drug-likeness (QED) is 0.525. The molecule has 2 N–H and O–H groups in total. The van der Waals surface area contributed by atoms with Crippen molar-refractivity contribution in [2.45, 2.75) is 20.4 Å². The molecule has 0 fully saturated rings. The average molecular weight is 375 g/mol. The zero-order chi connectivity index (χ0) is 18.8. The summed E-state index contributed by atoms with van der Waals surface area (Å²) in [6.45, 7) is 4.04. The van der Waals surface area contributed by atoms with Gasteiger partial charge in [0.05, 0.1) is 29.7 Å². The van der Waals surface area contributed by atoms with Crippen molar-refractivity contribution in [2.24, 2.45) is 0 Å². The van der Waals surface area contributed by atoms with Gasteiger partial charge < -0.3 is 15.4 Å². The predicted molar refractivity (Wildman–Crippen MR) is 95.5 cm³/mol. The van der Waals surface area contributed by atoms with Crippen molar-refractivity contribution in [1.29, 1.82) is 0 Å². The van der Waals surface area contributed by atoms with Crippen LogP contribution in [0.15, 0.2) is 30.3 Å². The number of nitrogens with one attached hydrogen (secondary N) is 2. The fraction of sp³-hybridized carbons (Fsp3) is 0.188. The number of aromatic nitrogens is 4. The van der Waals surface area contributed by atoms with Gasteiger partial charge in [0.2, 0.25) is 0 Å². The molecule has 0 unspecified atom stereocenters. The highest BCUT2D eigenvalue weighted by molar-refractivity contribution is 6.31. The molecule has 0 radical (unpaired) electrons. The lowest BCUT2D eigenvalue weighted by molar-refractivity contribution is -0.389. The van der Waals surface area contributed by atoms with E-state index in [-0.39, 0.29) is 11.5 Å². The molecule has 0 aliphatic rings. The molecule has 0 spiro atoms. The van der Waals surface area contributed by atoms with Crippen LogP contribution in [0.1, 0.15) is 27.4 Å². The number of nitrogens with zero attached hydrogens (tertiary/aromatic N) is 4. The number of aryl methyl sites for hydroxylation is 1. The summed E-state index contributed by atoms with van der Waals surface area (Å²) in [5.74, 6) is -0.907. The highest BCUT2D eigenvalue weighted by Gasteiger charge is 2.20. The van der Waals surface area contributed by atoms with Crippen LogP contribution in [-0.2, 0) is 6.54 Å². The van der Waals surface area contributed by atoms with Crippen molar-refractivity contribution >= 4 is 29.0 Å². The minimum atomic E-state index is -0.651. The Morgan fingerprint density at radius 1 is 1.38 bits per heavy atom. The van der Waals surface area contributed by atoms with Crippen LogP contribution in [0.2, 0.25) is 5.02 Å². The molecule has 3 aromatic rings. The number of hydrogen-bond donors (Lipinski definition) is 2. The van der Waals surface area contributed by atoms with E-state index in [1.165, 1.54) is 0 Å². The number of nitro groups is 1. The molecule has 3 rings (SSSR count). The Morgan fingerprint density at radius 2 is 2.12 bits per heavy atom. The first-order chi connectivity index (χ1) is 12.4. The lowest BCUT2D eigenvalue weighted by Crippen LogP contribution is -2.14. The summed E-state index contributed by atoms with van der Waals surface area (Å²) in [5.41, 5.74) is 2.72. The summed E-state index contributed by atoms with van der Waals surface area (Å²) in [4.78, 5) is 22.3. The van der Waals surface area contributed by atoms with Gasteiger partial charge in [-0.2, -0.15) is 5.10 Å². The monoisotopic (exact) mass is 374 g/mol. The third-order valence-electron chi connectivity index (χ3n) is 3.89. The van der Waals surface area contributed by atoms with E-state index in [0.717, 1.165) is 17.3 Å². The molecule has 134 valence electrons. The van der Waals surface area contributed by atoms with E-state index in [0.29, 0.717) is 22.9 Å². The number of H-pyrrole nitrogens is 1. The fourth-order valence-corrected chi connectivity index (χ4v) is 2.71. The summed E-state index contributed by atoms with van der Waals surface area (Å²) in [7, 11) is 0. The van der Waals surface area contributed by atoms with Crippen LogP contribution in [0.4, 0.5) is 11.5 Å². The SMILES string of the molecule is Cc1nn(Cc2ccccc2Cl)c(C)c1NC(=O)c1cc([N+](=O)[O-])[nH]n1. The van der Waals surface area contributed by atoms with E-state index < -0.39 is 10.8 Å². The summed E-state index contributed by atoms with van der Waals surface area (Å²) >= 11 is 6.19. The van der Waals surface area contributed by atoms with Crippen molar-refractivity contribution in [1.82, 2.24) is 20.0 Å². The molecule has 26 heavy (non-hydrogen) atoms. The first-order valence-electron chi connectivity index (χ1n) is 7.65. The lowest BCUT2D eigenvalue weighted by atomic mass is 10.2. The molecule has 10 heteroatoms. The van der Waals surface area contributed by atoms with E-state index in [1.807, 2.05) is 25.1 Å². The zero-order valence-corrected chi connectivity index (χ0v) is 14.7. The summed E-state index contributed by atoms with van der Waals surface area (Å²) in [5, 5.41) is 24.3. The van der Waals surface area contributed by atoms with Crippen molar-refractivity contribution in [2.75, 3.05) is 5.32 Å². The first kappa shape index (κ1) is 17.6. The molecule has 2 heterocycles. The van der Waals surface area contributed by atoms with Crippen LogP contribution in [-0.4, -0.2) is 30.8 Å². The van der Waals surface area contributed by atoms with Gasteiger partial charge in [-0.25, -0.2) is 0 Å². The van der Waals surface area contributed by atoms with Gasteiger partial charge in [0.15, 0.2) is 5.69 Å². The van der Waals surface area contributed by atoms with Crippen LogP contribution in [0.5, 0.6) is 0 Å². The van der Waals surface area contributed by atoms with Gasteiger partial charge in [-0.05, 0) is 30.4 Å². The third-order valence-corrected chi connectivity index (χ3v) is 4.26. The second-order valence-electron chi connectivity index (χ2n) is 5.64. The molecule has 0 bridgehead atoms. The summed E-state index contributed by atoms with van der Waals surface area (Å²) in [6, 6.07) is 8.52. The molecule has 1 aromatic carbocycles. The van der Waals surface area contributed by atoms with Crippen LogP contribution in [0.3, 0.4) is 0 Å². The Morgan fingerprint density at radius 3 is 2.77 bits per heavy atom. The normalized spacial score (nSPS) is 10.7. The predicted octanol–water partition coefficient (Wildman–Crippen LogP) is 3.09. The lowest BCUT2D eigenvalue weighted by Gasteiger charge is -2.07. The summed E-state index contributed by atoms with van der Waals surface area (Å²) in [6.07, 6.45) is 0. The molecular formula is C16H15ClN6O3. The Balaban J connectivity index is 1.82. The third kappa shape index (κ3) is 3.42. The van der Waals surface area contributed by atoms with E-state index in [4.69, 9.17) is 11.6 Å². The topological polar surface area (TPSA) is 119 Å². The summed E-state index contributed by atoms with van der Waals surface area (Å²) < 4.78 is 1.74. The maximum Gasteiger partial charge on any atom is 0.343 e. The van der Waals surface area contributed by atoms with E-state index >= 15 is 0 Å². The molecule has 2 aromatic heterocycles. The smallest absolute Gasteiger partial charge is 0.343 e. The number of amides is 1. The Bertz CT molecular complexity index is 994. The number of benzene rings is 1. The van der Waals surface area contributed by atoms with Crippen LogP contribution < -0.4 is 5.32 Å². The Hall–Kier alpha value is -3.20. The van der Waals surface area contributed by atoms with Gasteiger partial charge in [0.25, 0.3) is 5.91 Å². The largest absolute Gasteiger partial charge is 0.358 e. The number of anilines is 1. The second kappa shape index (κ2) is 6.96. The van der Waals surface area contributed by atoms with Crippen molar-refractivity contribution in [3.63, 3.8) is 0 Å². The van der Waals surface area contributed by atoms with Crippen molar-refractivity contribution in [3.05, 3.63) is 68.1 Å².